The SMILES string of the molecule is O=C(c1ccc(-c2cc(Cl)c(O)c(Cn3ccnn3)c2)s1)c1c(F)ccc(O)c1F. The van der Waals surface area contributed by atoms with Crippen molar-refractivity contribution in [3.63, 3.8) is 0 Å². The summed E-state index contributed by atoms with van der Waals surface area (Å²) in [6.07, 6.45) is 3.12. The van der Waals surface area contributed by atoms with Crippen molar-refractivity contribution in [3.8, 4) is 21.9 Å². The van der Waals surface area contributed by atoms with Crippen LogP contribution < -0.4 is 0 Å². The topological polar surface area (TPSA) is 88.2 Å². The van der Waals surface area contributed by atoms with Crippen LogP contribution in [0.2, 0.25) is 5.02 Å². The second-order valence-corrected chi connectivity index (χ2v) is 7.81. The molecule has 2 aromatic carbocycles. The Hall–Kier alpha value is -3.30. The second-order valence-electron chi connectivity index (χ2n) is 6.31. The van der Waals surface area contributed by atoms with Crippen molar-refractivity contribution in [1.29, 1.82) is 0 Å². The monoisotopic (exact) mass is 447 g/mol. The number of phenols is 2. The Morgan fingerprint density at radius 1 is 1.17 bits per heavy atom. The molecule has 30 heavy (non-hydrogen) atoms. The Morgan fingerprint density at radius 2 is 1.97 bits per heavy atom. The molecule has 0 spiro atoms. The molecule has 0 aliphatic rings. The van der Waals surface area contributed by atoms with Gasteiger partial charge in [-0.25, -0.2) is 13.5 Å². The van der Waals surface area contributed by atoms with E-state index in [-0.39, 0.29) is 22.2 Å². The van der Waals surface area contributed by atoms with E-state index >= 15 is 0 Å². The van der Waals surface area contributed by atoms with Gasteiger partial charge in [0.25, 0.3) is 0 Å². The molecule has 0 unspecified atom stereocenters. The molecule has 4 aromatic rings. The number of benzene rings is 2. The maximum atomic E-state index is 14.1. The van der Waals surface area contributed by atoms with Gasteiger partial charge in [-0.3, -0.25) is 4.79 Å². The minimum atomic E-state index is -1.31. The van der Waals surface area contributed by atoms with Crippen molar-refractivity contribution in [2.45, 2.75) is 6.54 Å². The summed E-state index contributed by atoms with van der Waals surface area (Å²) in [6.45, 7) is 0.219. The van der Waals surface area contributed by atoms with Crippen molar-refractivity contribution in [2.24, 2.45) is 0 Å². The van der Waals surface area contributed by atoms with Crippen molar-refractivity contribution >= 4 is 28.7 Å². The molecule has 0 saturated heterocycles. The zero-order chi connectivity index (χ0) is 21.4. The van der Waals surface area contributed by atoms with E-state index in [1.807, 2.05) is 0 Å². The van der Waals surface area contributed by atoms with Crippen molar-refractivity contribution in [3.05, 3.63) is 81.5 Å². The molecule has 0 radical (unpaired) electrons. The van der Waals surface area contributed by atoms with E-state index in [0.717, 1.165) is 23.5 Å². The van der Waals surface area contributed by atoms with Gasteiger partial charge in [-0.2, -0.15) is 0 Å². The van der Waals surface area contributed by atoms with E-state index in [0.29, 0.717) is 16.0 Å². The van der Waals surface area contributed by atoms with Crippen LogP contribution in [0.25, 0.3) is 10.4 Å². The molecule has 10 heteroatoms. The molecular formula is C20H12ClF2N3O3S. The standard InChI is InChI=1S/C20H12ClF2N3O3S/c21-12-8-10(7-11(19(12)28)9-26-6-5-24-25-26)15-3-4-16(30-15)20(29)17-13(22)1-2-14(27)18(17)23/h1-8,27-28H,9H2. The van der Waals surface area contributed by atoms with Crippen LogP contribution in [0.15, 0.2) is 48.8 Å². The molecule has 0 aliphatic heterocycles. The van der Waals surface area contributed by atoms with E-state index in [1.165, 1.54) is 23.0 Å². The summed E-state index contributed by atoms with van der Waals surface area (Å²) in [5, 5.41) is 27.4. The first-order valence-electron chi connectivity index (χ1n) is 8.52. The minimum Gasteiger partial charge on any atom is -0.506 e. The van der Waals surface area contributed by atoms with Gasteiger partial charge in [0, 0.05) is 16.6 Å². The van der Waals surface area contributed by atoms with Crippen LogP contribution in [0, 0.1) is 11.6 Å². The highest BCUT2D eigenvalue weighted by Crippen LogP contribution is 2.37. The fraction of sp³-hybridized carbons (Fsp3) is 0.0500. The fourth-order valence-corrected chi connectivity index (χ4v) is 4.08. The largest absolute Gasteiger partial charge is 0.506 e. The maximum Gasteiger partial charge on any atom is 0.209 e. The molecule has 2 heterocycles. The number of carbonyl (C=O) groups is 1. The van der Waals surface area contributed by atoms with E-state index < -0.39 is 28.7 Å². The second kappa shape index (κ2) is 7.85. The molecule has 0 amide bonds. The van der Waals surface area contributed by atoms with E-state index in [2.05, 4.69) is 10.3 Å². The lowest BCUT2D eigenvalue weighted by Crippen LogP contribution is -2.05. The number of rotatable bonds is 5. The predicted molar refractivity (Wildman–Crippen MR) is 107 cm³/mol. The van der Waals surface area contributed by atoms with Gasteiger partial charge in [0.1, 0.15) is 11.6 Å². The molecule has 2 aromatic heterocycles. The van der Waals surface area contributed by atoms with Gasteiger partial charge in [-0.15, -0.1) is 16.4 Å². The summed E-state index contributed by atoms with van der Waals surface area (Å²) >= 11 is 7.15. The highest BCUT2D eigenvalue weighted by molar-refractivity contribution is 7.17. The lowest BCUT2D eigenvalue weighted by Gasteiger charge is -2.09. The third kappa shape index (κ3) is 3.64. The predicted octanol–water partition coefficient (Wildman–Crippen LogP) is 4.63. The van der Waals surface area contributed by atoms with Crippen molar-refractivity contribution in [2.75, 3.05) is 0 Å². The highest BCUT2D eigenvalue weighted by atomic mass is 35.5. The normalized spacial score (nSPS) is 11.0. The molecule has 4 rings (SSSR count). The van der Waals surface area contributed by atoms with Crippen molar-refractivity contribution in [1.82, 2.24) is 15.0 Å². The van der Waals surface area contributed by atoms with Crippen LogP contribution in [-0.4, -0.2) is 31.0 Å². The summed E-state index contributed by atoms with van der Waals surface area (Å²) in [5.74, 6) is -4.16. The summed E-state index contributed by atoms with van der Waals surface area (Å²) in [6, 6.07) is 7.92. The zero-order valence-electron chi connectivity index (χ0n) is 15.0. The minimum absolute atomic E-state index is 0.0791. The Labute approximate surface area is 177 Å². The lowest BCUT2D eigenvalue weighted by molar-refractivity contribution is 0.103. The van der Waals surface area contributed by atoms with Gasteiger partial charge < -0.3 is 10.2 Å². The van der Waals surface area contributed by atoms with Crippen LogP contribution in [-0.2, 0) is 6.54 Å². The third-order valence-corrected chi connectivity index (χ3v) is 5.78. The third-order valence-electron chi connectivity index (χ3n) is 4.36. The number of thiophene rings is 1. The Kier molecular flexibility index (Phi) is 5.23. The first-order chi connectivity index (χ1) is 14.3. The van der Waals surface area contributed by atoms with Gasteiger partial charge in [0.15, 0.2) is 11.6 Å². The Bertz CT molecular complexity index is 1260. The molecule has 0 fully saturated rings. The van der Waals surface area contributed by atoms with Gasteiger partial charge in [0.05, 0.1) is 28.2 Å². The molecule has 152 valence electrons. The molecule has 2 N–H and O–H groups in total. The summed E-state index contributed by atoms with van der Waals surface area (Å²) in [7, 11) is 0. The van der Waals surface area contributed by atoms with E-state index in [4.69, 9.17) is 11.6 Å². The number of hydrogen-bond donors (Lipinski definition) is 2. The van der Waals surface area contributed by atoms with Crippen LogP contribution >= 0.6 is 22.9 Å². The Balaban J connectivity index is 1.70. The molecule has 0 atom stereocenters. The quantitative estimate of drug-likeness (QED) is 0.435. The summed E-state index contributed by atoms with van der Waals surface area (Å²) in [5.41, 5.74) is 0.266. The lowest BCUT2D eigenvalue weighted by atomic mass is 10.1. The molecule has 0 aliphatic carbocycles. The van der Waals surface area contributed by atoms with Gasteiger partial charge in [0.2, 0.25) is 5.78 Å². The number of hydrogen-bond acceptors (Lipinski definition) is 6. The number of aromatic nitrogens is 3. The summed E-state index contributed by atoms with van der Waals surface area (Å²) in [4.78, 5) is 13.3. The van der Waals surface area contributed by atoms with E-state index in [1.54, 1.807) is 18.3 Å². The molecule has 0 saturated carbocycles. The molecular weight excluding hydrogens is 436 g/mol. The Morgan fingerprint density at radius 3 is 2.70 bits per heavy atom. The van der Waals surface area contributed by atoms with Crippen LogP contribution in [0.5, 0.6) is 11.5 Å². The van der Waals surface area contributed by atoms with Crippen molar-refractivity contribution < 1.29 is 23.8 Å². The number of carbonyl (C=O) groups excluding carboxylic acids is 1. The summed E-state index contributed by atoms with van der Waals surface area (Å²) < 4.78 is 29.6. The first kappa shape index (κ1) is 20.0. The maximum absolute atomic E-state index is 14.1. The number of halogens is 3. The molecule has 6 nitrogen and oxygen atoms in total. The number of ketones is 1. The van der Waals surface area contributed by atoms with Gasteiger partial charge in [-0.1, -0.05) is 16.8 Å². The van der Waals surface area contributed by atoms with Crippen LogP contribution in [0.4, 0.5) is 8.78 Å². The molecule has 0 bridgehead atoms. The average molecular weight is 448 g/mol. The average Bonchev–Trinajstić information content (AvgIpc) is 3.40. The first-order valence-corrected chi connectivity index (χ1v) is 9.72. The smallest absolute Gasteiger partial charge is 0.209 e. The zero-order valence-corrected chi connectivity index (χ0v) is 16.6. The van der Waals surface area contributed by atoms with Gasteiger partial charge in [-0.05, 0) is 42.0 Å². The number of aromatic hydroxyl groups is 2. The fourth-order valence-electron chi connectivity index (χ4n) is 2.90. The van der Waals surface area contributed by atoms with Crippen LogP contribution in [0.1, 0.15) is 20.8 Å². The number of nitrogens with zero attached hydrogens (tertiary/aromatic N) is 3. The van der Waals surface area contributed by atoms with E-state index in [9.17, 15) is 23.8 Å². The van der Waals surface area contributed by atoms with Gasteiger partial charge >= 0.3 is 0 Å². The number of phenolic OH excluding ortho intramolecular Hbond substituents is 2. The van der Waals surface area contributed by atoms with Crippen LogP contribution in [0.3, 0.4) is 0 Å². The highest BCUT2D eigenvalue weighted by Gasteiger charge is 2.23.